The zero-order valence-electron chi connectivity index (χ0n) is 34.6. The number of phosphoric ester groups is 1. The lowest BCUT2D eigenvalue weighted by molar-refractivity contribution is -0.870. The summed E-state index contributed by atoms with van der Waals surface area (Å²) < 4.78 is 23.0. The second-order valence-corrected chi connectivity index (χ2v) is 16.7. The number of quaternary nitrogens is 1. The molecule has 3 unspecified atom stereocenters. The predicted molar refractivity (Wildman–Crippen MR) is 222 cm³/mol. The van der Waals surface area contributed by atoms with Gasteiger partial charge in [-0.25, -0.2) is 0 Å². The second kappa shape index (κ2) is 34.4. The molecule has 0 aliphatic heterocycles. The molecular formula is C43H79N2O8P. The summed E-state index contributed by atoms with van der Waals surface area (Å²) in [5.74, 6) is -0.423. The Morgan fingerprint density at radius 1 is 0.704 bits per heavy atom. The number of carbonyl (C=O) groups is 1. The van der Waals surface area contributed by atoms with Crippen LogP contribution in [0.1, 0.15) is 142 Å². The van der Waals surface area contributed by atoms with E-state index in [0.717, 1.165) is 57.8 Å². The van der Waals surface area contributed by atoms with Crippen LogP contribution in [0.3, 0.4) is 0 Å². The van der Waals surface area contributed by atoms with Gasteiger partial charge in [-0.2, -0.15) is 0 Å². The number of unbranched alkanes of at least 4 members (excludes halogenated alkanes) is 11. The third-order valence-electron chi connectivity index (χ3n) is 8.87. The van der Waals surface area contributed by atoms with Crippen LogP contribution < -0.4 is 10.2 Å². The van der Waals surface area contributed by atoms with E-state index in [1.807, 2.05) is 39.4 Å². The highest BCUT2D eigenvalue weighted by Crippen LogP contribution is 2.38. The van der Waals surface area contributed by atoms with Crippen LogP contribution in [0.5, 0.6) is 0 Å². The number of hydrogen-bond donors (Lipinski definition) is 4. The number of rotatable bonds is 36. The molecule has 10 nitrogen and oxygen atoms in total. The number of likely N-dealkylation sites (N-methyl/N-ethyl adjacent to an activating group) is 1. The van der Waals surface area contributed by atoms with Crippen molar-refractivity contribution in [1.82, 2.24) is 5.32 Å². The first kappa shape index (κ1) is 52.1. The molecule has 0 aliphatic rings. The fraction of sp³-hybridized carbons (Fsp3) is 0.744. The largest absolute Gasteiger partial charge is 0.756 e. The van der Waals surface area contributed by atoms with Gasteiger partial charge in [0.05, 0.1) is 52.1 Å². The summed E-state index contributed by atoms with van der Waals surface area (Å²) in [4.78, 5) is 25.3. The summed E-state index contributed by atoms with van der Waals surface area (Å²) >= 11 is 0. The molecule has 314 valence electrons. The Morgan fingerprint density at radius 2 is 1.26 bits per heavy atom. The Labute approximate surface area is 329 Å². The molecular weight excluding hydrogens is 703 g/mol. The zero-order chi connectivity index (χ0) is 40.3. The van der Waals surface area contributed by atoms with Crippen LogP contribution in [0, 0.1) is 0 Å². The molecule has 0 saturated heterocycles. The lowest BCUT2D eigenvalue weighted by Crippen LogP contribution is -2.46. The molecule has 0 aromatic carbocycles. The Hall–Kier alpha value is -1.88. The Balaban J connectivity index is 4.77. The van der Waals surface area contributed by atoms with Crippen molar-refractivity contribution in [1.29, 1.82) is 0 Å². The van der Waals surface area contributed by atoms with Crippen LogP contribution in [0.15, 0.2) is 60.8 Å². The average Bonchev–Trinajstić information content (AvgIpc) is 3.11. The molecule has 0 spiro atoms. The molecule has 0 aromatic rings. The van der Waals surface area contributed by atoms with E-state index in [1.165, 1.54) is 44.9 Å². The summed E-state index contributed by atoms with van der Waals surface area (Å²) in [5.41, 5.74) is 0. The van der Waals surface area contributed by atoms with E-state index in [0.29, 0.717) is 23.9 Å². The topological polar surface area (TPSA) is 148 Å². The van der Waals surface area contributed by atoms with Gasteiger partial charge in [-0.05, 0) is 77.0 Å². The molecule has 0 bridgehead atoms. The van der Waals surface area contributed by atoms with Gasteiger partial charge in [0.1, 0.15) is 13.2 Å². The molecule has 4 N–H and O–H groups in total. The van der Waals surface area contributed by atoms with E-state index in [4.69, 9.17) is 9.05 Å². The molecule has 0 radical (unpaired) electrons. The maximum Gasteiger partial charge on any atom is 0.268 e. The SMILES string of the molecule is CCC/C=C\CCCCCCCC/C=C/[C@@H](O)[C@H](COP(=O)([O-])OCC[N+](C)(C)C)NC(=O)CCCC(O)C(O)C/C=C\C/C=C\C/C=C\CCCCC. The fourth-order valence-electron chi connectivity index (χ4n) is 5.37. The first-order chi connectivity index (χ1) is 25.8. The van der Waals surface area contributed by atoms with E-state index in [-0.39, 0.29) is 19.4 Å². The second-order valence-electron chi connectivity index (χ2n) is 15.3. The number of phosphoric acid groups is 1. The molecule has 0 aliphatic carbocycles. The Kier molecular flexibility index (Phi) is 33.2. The smallest absolute Gasteiger partial charge is 0.268 e. The van der Waals surface area contributed by atoms with Gasteiger partial charge in [-0.3, -0.25) is 9.36 Å². The number of amides is 1. The fourth-order valence-corrected chi connectivity index (χ4v) is 6.10. The number of nitrogens with one attached hydrogen (secondary N) is 1. The van der Waals surface area contributed by atoms with E-state index in [1.54, 1.807) is 6.08 Å². The highest BCUT2D eigenvalue weighted by molar-refractivity contribution is 7.45. The third kappa shape index (κ3) is 34.6. The molecule has 0 heterocycles. The quantitative estimate of drug-likeness (QED) is 0.0215. The number of aliphatic hydroxyl groups excluding tert-OH is 3. The summed E-state index contributed by atoms with van der Waals surface area (Å²) in [6, 6.07) is -1.03. The van der Waals surface area contributed by atoms with Gasteiger partial charge >= 0.3 is 0 Å². The van der Waals surface area contributed by atoms with E-state index < -0.39 is 44.7 Å². The lowest BCUT2D eigenvalue weighted by atomic mass is 10.0. The molecule has 5 atom stereocenters. The van der Waals surface area contributed by atoms with E-state index in [9.17, 15) is 29.6 Å². The molecule has 54 heavy (non-hydrogen) atoms. The summed E-state index contributed by atoms with van der Waals surface area (Å²) in [7, 11) is 1.07. The summed E-state index contributed by atoms with van der Waals surface area (Å²) in [6.07, 6.45) is 35.7. The van der Waals surface area contributed by atoms with Crippen LogP contribution in [0.2, 0.25) is 0 Å². The minimum atomic E-state index is -4.67. The highest BCUT2D eigenvalue weighted by atomic mass is 31.2. The van der Waals surface area contributed by atoms with Crippen molar-refractivity contribution in [2.45, 2.75) is 167 Å². The Bertz CT molecular complexity index is 1100. The molecule has 0 aromatic heterocycles. The predicted octanol–water partition coefficient (Wildman–Crippen LogP) is 8.38. The van der Waals surface area contributed by atoms with Crippen molar-refractivity contribution in [3.8, 4) is 0 Å². The van der Waals surface area contributed by atoms with Crippen molar-refractivity contribution >= 4 is 13.7 Å². The van der Waals surface area contributed by atoms with Crippen LogP contribution in [-0.4, -0.2) is 91.0 Å². The van der Waals surface area contributed by atoms with Crippen molar-refractivity contribution in [2.75, 3.05) is 40.9 Å². The van der Waals surface area contributed by atoms with Crippen molar-refractivity contribution in [3.05, 3.63) is 60.8 Å². The monoisotopic (exact) mass is 783 g/mol. The van der Waals surface area contributed by atoms with Gasteiger partial charge in [0, 0.05) is 6.42 Å². The lowest BCUT2D eigenvalue weighted by Gasteiger charge is -2.29. The first-order valence-electron chi connectivity index (χ1n) is 20.8. The molecule has 1 amide bonds. The summed E-state index contributed by atoms with van der Waals surface area (Å²) in [5, 5.41) is 34.4. The maximum atomic E-state index is 12.9. The first-order valence-corrected chi connectivity index (χ1v) is 22.3. The van der Waals surface area contributed by atoms with Gasteiger partial charge in [-0.15, -0.1) is 0 Å². The van der Waals surface area contributed by atoms with Crippen LogP contribution in [0.4, 0.5) is 0 Å². The van der Waals surface area contributed by atoms with Gasteiger partial charge in [0.2, 0.25) is 5.91 Å². The highest BCUT2D eigenvalue weighted by Gasteiger charge is 2.23. The van der Waals surface area contributed by atoms with Gasteiger partial charge in [-0.1, -0.05) is 120 Å². The number of nitrogens with zero attached hydrogens (tertiary/aromatic N) is 1. The Morgan fingerprint density at radius 3 is 1.89 bits per heavy atom. The third-order valence-corrected chi connectivity index (χ3v) is 9.84. The number of allylic oxidation sites excluding steroid dienone is 8. The zero-order valence-corrected chi connectivity index (χ0v) is 35.5. The normalized spacial score (nSPS) is 16.2. The summed E-state index contributed by atoms with van der Waals surface area (Å²) in [6.45, 7) is 4.29. The van der Waals surface area contributed by atoms with E-state index >= 15 is 0 Å². The molecule has 0 rings (SSSR count). The van der Waals surface area contributed by atoms with Crippen molar-refractivity contribution < 1.29 is 43.1 Å². The molecule has 0 fully saturated rings. The van der Waals surface area contributed by atoms with E-state index in [2.05, 4.69) is 55.6 Å². The van der Waals surface area contributed by atoms with Gasteiger partial charge < -0.3 is 39.1 Å². The number of carbonyl (C=O) groups excluding carboxylic acids is 1. The van der Waals surface area contributed by atoms with Crippen LogP contribution in [0.25, 0.3) is 0 Å². The minimum absolute atomic E-state index is 0.0223. The minimum Gasteiger partial charge on any atom is -0.756 e. The van der Waals surface area contributed by atoms with Gasteiger partial charge in [0.25, 0.3) is 7.82 Å². The van der Waals surface area contributed by atoms with Crippen molar-refractivity contribution in [3.63, 3.8) is 0 Å². The number of aliphatic hydroxyl groups is 3. The van der Waals surface area contributed by atoms with Crippen LogP contribution >= 0.6 is 7.82 Å². The van der Waals surface area contributed by atoms with Gasteiger partial charge in [0.15, 0.2) is 0 Å². The van der Waals surface area contributed by atoms with Crippen molar-refractivity contribution in [2.24, 2.45) is 0 Å². The number of hydrogen-bond acceptors (Lipinski definition) is 8. The molecule has 0 saturated carbocycles. The standard InChI is InChI=1S/C43H79N2O8P/c1-6-8-10-12-14-16-18-20-22-23-25-27-29-32-40(46)39(38-53-54(50,51)52-37-36-45(3,4)5)44-43(49)35-31-34-42(48)41(47)33-30-28-26-24-21-19-17-15-13-11-9-7-2/h10,12,15,17,21,24,28-30,32,39-42,46-48H,6-9,11,13-14,16,18-20,22-23,25-27,31,33-38H2,1-5H3,(H-,44,49,50,51)/b12-10-,17-15-,24-21-,30-28-,32-29+/t39-,40+,41?,42?/m0/s1. The van der Waals surface area contributed by atoms with Crippen LogP contribution in [-0.2, 0) is 18.4 Å². The maximum absolute atomic E-state index is 12.9. The average molecular weight is 783 g/mol. The molecule has 11 heteroatoms.